The van der Waals surface area contributed by atoms with Crippen LogP contribution < -0.4 is 0 Å². The van der Waals surface area contributed by atoms with Crippen molar-refractivity contribution in [2.45, 2.75) is 31.7 Å². The number of piperidine rings is 1. The van der Waals surface area contributed by atoms with E-state index < -0.39 is 0 Å². The summed E-state index contributed by atoms with van der Waals surface area (Å²) in [7, 11) is 0. The first-order valence-electron chi connectivity index (χ1n) is 10.5. The smallest absolute Gasteiger partial charge is 0.269 e. The van der Waals surface area contributed by atoms with Crippen LogP contribution in [0.5, 0.6) is 0 Å². The van der Waals surface area contributed by atoms with Gasteiger partial charge in [0.15, 0.2) is 0 Å². The first kappa shape index (κ1) is 20.0. The summed E-state index contributed by atoms with van der Waals surface area (Å²) in [6.07, 6.45) is 3.50. The minimum atomic E-state index is -0.352. The normalized spacial score (nSPS) is 21.5. The maximum Gasteiger partial charge on any atom is 0.269 e. The number of nitro benzene ring substituents is 1. The third-order valence-electron chi connectivity index (χ3n) is 6.37. The van der Waals surface area contributed by atoms with Gasteiger partial charge in [0.2, 0.25) is 0 Å². The Kier molecular flexibility index (Phi) is 6.21. The zero-order valence-electron chi connectivity index (χ0n) is 16.7. The van der Waals surface area contributed by atoms with E-state index in [1.54, 1.807) is 24.3 Å². The Morgan fingerprint density at radius 1 is 0.931 bits per heavy atom. The maximum absolute atomic E-state index is 13.1. The summed E-state index contributed by atoms with van der Waals surface area (Å²) in [5, 5.41) is 10.8. The number of non-ortho nitro benzene ring substituents is 1. The molecule has 0 saturated carbocycles. The van der Waals surface area contributed by atoms with E-state index in [0.717, 1.165) is 57.7 Å². The van der Waals surface area contributed by atoms with Crippen molar-refractivity contribution < 1.29 is 9.31 Å². The van der Waals surface area contributed by atoms with Crippen LogP contribution in [0.15, 0.2) is 48.5 Å². The molecule has 0 N–H and O–H groups in total. The molecule has 2 aromatic carbocycles. The zero-order valence-corrected chi connectivity index (χ0v) is 16.7. The Hall–Kier alpha value is -2.31. The fraction of sp³-hybridized carbons (Fsp3) is 0.478. The highest BCUT2D eigenvalue weighted by Gasteiger charge is 2.27. The molecule has 2 aliphatic rings. The molecular formula is C23H28FN3O2. The first-order chi connectivity index (χ1) is 14.1. The first-order valence-corrected chi connectivity index (χ1v) is 10.5. The molecule has 2 heterocycles. The van der Waals surface area contributed by atoms with E-state index >= 15 is 0 Å². The van der Waals surface area contributed by atoms with Crippen molar-refractivity contribution in [2.24, 2.45) is 5.92 Å². The molecule has 6 heteroatoms. The molecule has 0 bridgehead atoms. The van der Waals surface area contributed by atoms with Crippen LogP contribution in [0.25, 0.3) is 0 Å². The van der Waals surface area contributed by atoms with Gasteiger partial charge in [0.25, 0.3) is 5.69 Å². The number of benzene rings is 2. The fourth-order valence-electron chi connectivity index (χ4n) is 4.74. The molecule has 4 rings (SSSR count). The number of hydrogen-bond acceptors (Lipinski definition) is 4. The number of nitro groups is 1. The third-order valence-corrected chi connectivity index (χ3v) is 6.37. The van der Waals surface area contributed by atoms with Crippen LogP contribution in [-0.4, -0.2) is 47.4 Å². The van der Waals surface area contributed by atoms with Gasteiger partial charge in [-0.25, -0.2) is 4.39 Å². The van der Waals surface area contributed by atoms with Gasteiger partial charge in [-0.3, -0.25) is 15.0 Å². The summed E-state index contributed by atoms with van der Waals surface area (Å²) in [5.74, 6) is 1.08. The van der Waals surface area contributed by atoms with Crippen molar-refractivity contribution in [3.05, 3.63) is 75.6 Å². The lowest BCUT2D eigenvalue weighted by Gasteiger charge is -2.33. The van der Waals surface area contributed by atoms with Crippen LogP contribution in [0.2, 0.25) is 0 Å². The summed E-state index contributed by atoms with van der Waals surface area (Å²) in [4.78, 5) is 15.5. The second-order valence-electron chi connectivity index (χ2n) is 8.44. The van der Waals surface area contributed by atoms with E-state index in [0.29, 0.717) is 11.8 Å². The molecule has 5 nitrogen and oxygen atoms in total. The van der Waals surface area contributed by atoms with Gasteiger partial charge in [-0.2, -0.15) is 0 Å². The quantitative estimate of drug-likeness (QED) is 0.534. The van der Waals surface area contributed by atoms with Crippen LogP contribution in [0.4, 0.5) is 10.1 Å². The van der Waals surface area contributed by atoms with E-state index in [-0.39, 0.29) is 16.4 Å². The third kappa shape index (κ3) is 5.19. The molecule has 0 aliphatic carbocycles. The van der Waals surface area contributed by atoms with Gasteiger partial charge in [0.1, 0.15) is 5.82 Å². The largest absolute Gasteiger partial charge is 0.303 e. The molecule has 2 saturated heterocycles. The van der Waals surface area contributed by atoms with Crippen molar-refractivity contribution in [1.29, 1.82) is 0 Å². The Morgan fingerprint density at radius 2 is 1.59 bits per heavy atom. The van der Waals surface area contributed by atoms with Crippen molar-refractivity contribution in [1.82, 2.24) is 9.80 Å². The molecule has 0 unspecified atom stereocenters. The Balaban J connectivity index is 1.21. The Labute approximate surface area is 171 Å². The lowest BCUT2D eigenvalue weighted by Crippen LogP contribution is -2.37. The van der Waals surface area contributed by atoms with Crippen molar-refractivity contribution >= 4 is 5.69 Å². The molecule has 2 aromatic rings. The predicted molar refractivity (Wildman–Crippen MR) is 111 cm³/mol. The Bertz CT molecular complexity index is 817. The molecule has 2 aliphatic heterocycles. The molecular weight excluding hydrogens is 369 g/mol. The highest BCUT2D eigenvalue weighted by molar-refractivity contribution is 5.32. The summed E-state index contributed by atoms with van der Waals surface area (Å²) in [5.41, 5.74) is 2.55. The van der Waals surface area contributed by atoms with Crippen LogP contribution in [0.3, 0.4) is 0 Å². The van der Waals surface area contributed by atoms with Gasteiger partial charge in [-0.05, 0) is 74.0 Å². The topological polar surface area (TPSA) is 49.6 Å². The van der Waals surface area contributed by atoms with Crippen LogP contribution >= 0.6 is 0 Å². The van der Waals surface area contributed by atoms with Crippen LogP contribution in [0.1, 0.15) is 36.3 Å². The van der Waals surface area contributed by atoms with E-state index in [2.05, 4.69) is 9.80 Å². The van der Waals surface area contributed by atoms with Crippen LogP contribution in [0, 0.1) is 21.8 Å². The Morgan fingerprint density at radius 3 is 2.24 bits per heavy atom. The van der Waals surface area contributed by atoms with Crippen molar-refractivity contribution in [2.75, 3.05) is 32.7 Å². The van der Waals surface area contributed by atoms with Gasteiger partial charge in [0.05, 0.1) is 4.92 Å². The van der Waals surface area contributed by atoms with E-state index in [9.17, 15) is 14.5 Å². The SMILES string of the molecule is O=[N+]([O-])c1ccc(CN2CC[C@H](CN3CCC(c4ccc(F)cc4)CC3)C2)cc1. The number of likely N-dealkylation sites (tertiary alicyclic amines) is 2. The zero-order chi connectivity index (χ0) is 20.2. The summed E-state index contributed by atoms with van der Waals surface area (Å²) in [6.45, 7) is 6.42. The minimum Gasteiger partial charge on any atom is -0.303 e. The molecule has 2 fully saturated rings. The molecule has 0 amide bonds. The molecule has 0 radical (unpaired) electrons. The highest BCUT2D eigenvalue weighted by atomic mass is 19.1. The molecule has 0 spiro atoms. The van der Waals surface area contributed by atoms with Crippen molar-refractivity contribution in [3.8, 4) is 0 Å². The average molecular weight is 397 g/mol. The number of hydrogen-bond donors (Lipinski definition) is 0. The molecule has 154 valence electrons. The summed E-state index contributed by atoms with van der Waals surface area (Å²) >= 11 is 0. The molecule has 0 aromatic heterocycles. The van der Waals surface area contributed by atoms with Gasteiger partial charge in [-0.1, -0.05) is 24.3 Å². The number of nitrogens with zero attached hydrogens (tertiary/aromatic N) is 3. The van der Waals surface area contributed by atoms with Gasteiger partial charge >= 0.3 is 0 Å². The summed E-state index contributed by atoms with van der Waals surface area (Å²) < 4.78 is 13.1. The standard InChI is InChI=1S/C23H28FN3O2/c24-22-5-3-20(4-6-22)21-10-13-25(14-11-21)16-19-9-12-26(17-19)15-18-1-7-23(8-2-18)27(28)29/h1-8,19,21H,9-17H2/t19-/m1/s1. The van der Waals surface area contributed by atoms with Gasteiger partial charge in [0, 0.05) is 31.8 Å². The van der Waals surface area contributed by atoms with E-state index in [1.165, 1.54) is 12.0 Å². The average Bonchev–Trinajstić information content (AvgIpc) is 3.16. The lowest BCUT2D eigenvalue weighted by molar-refractivity contribution is -0.384. The lowest BCUT2D eigenvalue weighted by atomic mass is 9.89. The second kappa shape index (κ2) is 9.01. The fourth-order valence-corrected chi connectivity index (χ4v) is 4.74. The van der Waals surface area contributed by atoms with Gasteiger partial charge in [-0.15, -0.1) is 0 Å². The van der Waals surface area contributed by atoms with Gasteiger partial charge < -0.3 is 4.90 Å². The number of halogens is 1. The van der Waals surface area contributed by atoms with Crippen molar-refractivity contribution in [3.63, 3.8) is 0 Å². The second-order valence-corrected chi connectivity index (χ2v) is 8.44. The highest BCUT2D eigenvalue weighted by Crippen LogP contribution is 2.29. The maximum atomic E-state index is 13.1. The predicted octanol–water partition coefficient (Wildman–Crippen LogP) is 4.44. The minimum absolute atomic E-state index is 0.150. The monoisotopic (exact) mass is 397 g/mol. The molecule has 1 atom stereocenters. The van der Waals surface area contributed by atoms with E-state index in [1.807, 2.05) is 24.3 Å². The number of rotatable bonds is 6. The molecule has 29 heavy (non-hydrogen) atoms. The summed E-state index contributed by atoms with van der Waals surface area (Å²) in [6, 6.07) is 13.9. The van der Waals surface area contributed by atoms with E-state index in [4.69, 9.17) is 0 Å². The van der Waals surface area contributed by atoms with Crippen LogP contribution in [-0.2, 0) is 6.54 Å².